The number of hydrogen-bond acceptors (Lipinski definition) is 4. The van der Waals surface area contributed by atoms with E-state index in [0.717, 1.165) is 71.9 Å². The van der Waals surface area contributed by atoms with Crippen molar-refractivity contribution in [3.8, 4) is 45.7 Å². The lowest BCUT2D eigenvalue weighted by molar-refractivity contribution is 0.987. The molecule has 0 radical (unpaired) electrons. The van der Waals surface area contributed by atoms with Gasteiger partial charge in [-0.05, 0) is 36.4 Å². The highest BCUT2D eigenvalue weighted by molar-refractivity contribution is 6.14. The van der Waals surface area contributed by atoms with Gasteiger partial charge < -0.3 is 0 Å². The van der Waals surface area contributed by atoms with E-state index in [9.17, 15) is 0 Å². The Balaban J connectivity index is 1.37. The van der Waals surface area contributed by atoms with Crippen LogP contribution < -0.4 is 0 Å². The highest BCUT2D eigenvalue weighted by Crippen LogP contribution is 2.39. The molecule has 0 saturated heterocycles. The predicted molar refractivity (Wildman–Crippen MR) is 203 cm³/mol. The van der Waals surface area contributed by atoms with Crippen molar-refractivity contribution in [1.82, 2.24) is 29.1 Å². The molecular weight excluding hydrogens is 613 g/mol. The summed E-state index contributed by atoms with van der Waals surface area (Å²) in [5.41, 5.74) is 9.24. The molecular formula is C44H28N6. The summed E-state index contributed by atoms with van der Waals surface area (Å²) in [7, 11) is 0. The standard InChI is InChI=1S/C44H28N6/c1-4-16-29(17-5-1)35-28-36(30-18-6-2-7-19-30)46-42(45-35)41-40-34-24-12-15-27-39(34)49(31-20-8-3-9-21-31)43(40)48-44(47-41)50-37-25-13-10-22-32(37)33-23-11-14-26-38(33)50/h1-28H. The van der Waals surface area contributed by atoms with Crippen molar-refractivity contribution >= 4 is 43.7 Å². The second-order valence-electron chi connectivity index (χ2n) is 12.3. The van der Waals surface area contributed by atoms with Gasteiger partial charge in [0.2, 0.25) is 5.95 Å². The monoisotopic (exact) mass is 640 g/mol. The van der Waals surface area contributed by atoms with E-state index in [1.54, 1.807) is 0 Å². The number of benzene rings is 6. The fourth-order valence-corrected chi connectivity index (χ4v) is 7.15. The zero-order valence-electron chi connectivity index (χ0n) is 26.8. The Hall–Kier alpha value is -6.92. The van der Waals surface area contributed by atoms with Gasteiger partial charge in [-0.3, -0.25) is 9.13 Å². The number of nitrogens with zero attached hydrogens (tertiary/aromatic N) is 6. The molecule has 4 heterocycles. The minimum atomic E-state index is 0.538. The fraction of sp³-hybridized carbons (Fsp3) is 0. The van der Waals surface area contributed by atoms with Gasteiger partial charge in [0.05, 0.1) is 33.3 Å². The average Bonchev–Trinajstić information content (AvgIpc) is 3.71. The molecule has 0 N–H and O–H groups in total. The van der Waals surface area contributed by atoms with E-state index in [1.165, 1.54) is 0 Å². The minimum absolute atomic E-state index is 0.538. The third kappa shape index (κ3) is 4.43. The Labute approximate surface area is 287 Å². The number of fused-ring (bicyclic) bond motifs is 6. The van der Waals surface area contributed by atoms with Crippen molar-refractivity contribution in [2.45, 2.75) is 0 Å². The van der Waals surface area contributed by atoms with Gasteiger partial charge in [-0.15, -0.1) is 0 Å². The Morgan fingerprint density at radius 2 is 0.840 bits per heavy atom. The largest absolute Gasteiger partial charge is 0.294 e. The topological polar surface area (TPSA) is 61.4 Å². The quantitative estimate of drug-likeness (QED) is 0.188. The minimum Gasteiger partial charge on any atom is -0.294 e. The Morgan fingerprint density at radius 1 is 0.380 bits per heavy atom. The van der Waals surface area contributed by atoms with E-state index in [2.05, 4.69) is 137 Å². The van der Waals surface area contributed by atoms with E-state index >= 15 is 0 Å². The van der Waals surface area contributed by atoms with Crippen LogP contribution in [0.5, 0.6) is 0 Å². The summed E-state index contributed by atoms with van der Waals surface area (Å²) in [6.45, 7) is 0. The molecule has 0 unspecified atom stereocenters. The lowest BCUT2D eigenvalue weighted by atomic mass is 10.1. The van der Waals surface area contributed by atoms with Gasteiger partial charge in [0.1, 0.15) is 5.69 Å². The summed E-state index contributed by atoms with van der Waals surface area (Å²) in [5.74, 6) is 1.09. The van der Waals surface area contributed by atoms with Crippen LogP contribution >= 0.6 is 0 Å². The van der Waals surface area contributed by atoms with E-state index in [0.29, 0.717) is 17.5 Å². The maximum absolute atomic E-state index is 5.45. The van der Waals surface area contributed by atoms with Gasteiger partial charge >= 0.3 is 0 Å². The van der Waals surface area contributed by atoms with Crippen molar-refractivity contribution in [2.75, 3.05) is 0 Å². The first-order valence-corrected chi connectivity index (χ1v) is 16.7. The third-order valence-corrected chi connectivity index (χ3v) is 9.38. The van der Waals surface area contributed by atoms with E-state index in [-0.39, 0.29) is 0 Å². The molecule has 50 heavy (non-hydrogen) atoms. The summed E-state index contributed by atoms with van der Waals surface area (Å²) in [6, 6.07) is 58.3. The van der Waals surface area contributed by atoms with Gasteiger partial charge in [0.25, 0.3) is 0 Å². The molecule has 10 aromatic rings. The molecule has 6 nitrogen and oxygen atoms in total. The van der Waals surface area contributed by atoms with Crippen LogP contribution in [0.3, 0.4) is 0 Å². The molecule has 0 saturated carbocycles. The van der Waals surface area contributed by atoms with Crippen LogP contribution in [0.4, 0.5) is 0 Å². The average molecular weight is 641 g/mol. The van der Waals surface area contributed by atoms with Crippen LogP contribution in [0.2, 0.25) is 0 Å². The molecule has 234 valence electrons. The van der Waals surface area contributed by atoms with Crippen LogP contribution in [-0.2, 0) is 0 Å². The maximum Gasteiger partial charge on any atom is 0.237 e. The molecule has 0 bridgehead atoms. The summed E-state index contributed by atoms with van der Waals surface area (Å²) >= 11 is 0. The fourth-order valence-electron chi connectivity index (χ4n) is 7.15. The second kappa shape index (κ2) is 11.4. The summed E-state index contributed by atoms with van der Waals surface area (Å²) < 4.78 is 4.39. The molecule has 10 rings (SSSR count). The highest BCUT2D eigenvalue weighted by Gasteiger charge is 2.24. The number of aromatic nitrogens is 6. The van der Waals surface area contributed by atoms with Crippen LogP contribution in [-0.4, -0.2) is 29.1 Å². The molecule has 0 amide bonds. The van der Waals surface area contributed by atoms with Crippen LogP contribution in [0.15, 0.2) is 170 Å². The molecule has 0 aliphatic heterocycles. The van der Waals surface area contributed by atoms with E-state index in [4.69, 9.17) is 19.9 Å². The maximum atomic E-state index is 5.45. The normalized spacial score (nSPS) is 11.6. The molecule has 4 aromatic heterocycles. The Bertz CT molecular complexity index is 2740. The Morgan fingerprint density at radius 3 is 1.40 bits per heavy atom. The number of hydrogen-bond donors (Lipinski definition) is 0. The molecule has 6 heteroatoms. The molecule has 0 aliphatic carbocycles. The van der Waals surface area contributed by atoms with E-state index < -0.39 is 0 Å². The second-order valence-corrected chi connectivity index (χ2v) is 12.3. The highest BCUT2D eigenvalue weighted by atomic mass is 15.2. The number of para-hydroxylation sites is 4. The summed E-state index contributed by atoms with van der Waals surface area (Å²) in [6.07, 6.45) is 0. The first-order valence-electron chi connectivity index (χ1n) is 16.7. The molecule has 6 aromatic carbocycles. The lowest BCUT2D eigenvalue weighted by Gasteiger charge is -2.13. The van der Waals surface area contributed by atoms with Crippen molar-refractivity contribution in [3.05, 3.63) is 170 Å². The van der Waals surface area contributed by atoms with Gasteiger partial charge in [-0.2, -0.15) is 4.98 Å². The zero-order valence-corrected chi connectivity index (χ0v) is 26.8. The third-order valence-electron chi connectivity index (χ3n) is 9.38. The molecule has 0 atom stereocenters. The first-order chi connectivity index (χ1) is 24.8. The summed E-state index contributed by atoms with van der Waals surface area (Å²) in [4.78, 5) is 21.4. The lowest BCUT2D eigenvalue weighted by Crippen LogP contribution is -2.06. The summed E-state index contributed by atoms with van der Waals surface area (Å²) in [5, 5.41) is 4.22. The number of rotatable bonds is 5. The van der Waals surface area contributed by atoms with Crippen molar-refractivity contribution < 1.29 is 0 Å². The molecule has 0 aliphatic rings. The predicted octanol–water partition coefficient (Wildman–Crippen LogP) is 10.5. The van der Waals surface area contributed by atoms with Crippen molar-refractivity contribution in [3.63, 3.8) is 0 Å². The van der Waals surface area contributed by atoms with Crippen molar-refractivity contribution in [1.29, 1.82) is 0 Å². The zero-order chi connectivity index (χ0) is 33.0. The van der Waals surface area contributed by atoms with Gasteiger partial charge in [-0.1, -0.05) is 133 Å². The van der Waals surface area contributed by atoms with Gasteiger partial charge in [-0.25, -0.2) is 15.0 Å². The van der Waals surface area contributed by atoms with Crippen LogP contribution in [0, 0.1) is 0 Å². The molecule has 0 spiro atoms. The molecule has 0 fully saturated rings. The smallest absolute Gasteiger partial charge is 0.237 e. The Kier molecular flexibility index (Phi) is 6.39. The van der Waals surface area contributed by atoms with Crippen molar-refractivity contribution in [2.24, 2.45) is 0 Å². The first kappa shape index (κ1) is 28.1. The van der Waals surface area contributed by atoms with Gasteiger partial charge in [0, 0.05) is 33.0 Å². The van der Waals surface area contributed by atoms with Crippen LogP contribution in [0.1, 0.15) is 0 Å². The SMILES string of the molecule is c1ccc(-c2cc(-c3ccccc3)nc(-c3nc(-n4c5ccccc5c5ccccc54)nc4c3c3ccccc3n4-c3ccccc3)n2)cc1. The van der Waals surface area contributed by atoms with Crippen LogP contribution in [0.25, 0.3) is 89.4 Å². The van der Waals surface area contributed by atoms with E-state index in [1.807, 2.05) is 42.5 Å². The van der Waals surface area contributed by atoms with Gasteiger partial charge in [0.15, 0.2) is 11.5 Å².